The Hall–Kier alpha value is -0.720. The Kier molecular flexibility index (Phi) is 3.38. The van der Waals surface area contributed by atoms with Crippen LogP contribution in [0.15, 0.2) is 29.2 Å². The molecular weight excluding hydrogens is 253 g/mol. The lowest BCUT2D eigenvalue weighted by Gasteiger charge is -2.14. The first-order valence-electron chi connectivity index (χ1n) is 5.00. The van der Waals surface area contributed by atoms with Gasteiger partial charge in [-0.3, -0.25) is 0 Å². The van der Waals surface area contributed by atoms with Gasteiger partial charge in [-0.25, -0.2) is 0 Å². The molecule has 0 spiro atoms. The predicted molar refractivity (Wildman–Crippen MR) is 57.7 cm³/mol. The molecule has 1 aliphatic heterocycles. The summed E-state index contributed by atoms with van der Waals surface area (Å²) in [5.41, 5.74) is -0.989. The number of hydrogen-bond acceptors (Lipinski definition) is 3. The van der Waals surface area contributed by atoms with E-state index in [-0.39, 0.29) is 6.61 Å². The molecule has 1 fully saturated rings. The summed E-state index contributed by atoms with van der Waals surface area (Å²) in [5.74, 6) is 0. The molecule has 0 bridgehead atoms. The number of benzene rings is 1. The van der Waals surface area contributed by atoms with E-state index in [1.54, 1.807) is 12.1 Å². The second-order valence-corrected chi connectivity index (χ2v) is 4.81. The second kappa shape index (κ2) is 4.51. The van der Waals surface area contributed by atoms with E-state index < -0.39 is 18.4 Å². The van der Waals surface area contributed by atoms with Crippen LogP contribution in [-0.4, -0.2) is 25.0 Å². The molecule has 6 heteroatoms. The van der Waals surface area contributed by atoms with E-state index in [1.165, 1.54) is 0 Å². The fourth-order valence-corrected chi connectivity index (χ4v) is 1.84. The highest BCUT2D eigenvalue weighted by atomic mass is 32.2. The summed E-state index contributed by atoms with van der Waals surface area (Å²) in [6, 6.07) is 7.35. The van der Waals surface area contributed by atoms with Crippen LogP contribution in [0.4, 0.5) is 13.2 Å². The number of rotatable bonds is 4. The minimum atomic E-state index is -4.36. The zero-order chi connectivity index (χ0) is 12.5. The fourth-order valence-electron chi connectivity index (χ4n) is 1.20. The highest BCUT2D eigenvalue weighted by Gasteiger charge is 2.66. The Morgan fingerprint density at radius 2 is 1.94 bits per heavy atom. The number of ether oxygens (including phenoxy) is 1. The molecule has 0 N–H and O–H groups in total. The van der Waals surface area contributed by atoms with E-state index in [0.29, 0.717) is 0 Å². The summed E-state index contributed by atoms with van der Waals surface area (Å²) >= 11 is 0.932. The lowest BCUT2D eigenvalue weighted by molar-refractivity contribution is -0.189. The molecule has 1 aromatic rings. The van der Waals surface area contributed by atoms with Gasteiger partial charge in [0.25, 0.3) is 0 Å². The molecule has 1 atom stereocenters. The molecule has 2 rings (SSSR count). The molecule has 94 valence electrons. The van der Waals surface area contributed by atoms with Crippen molar-refractivity contribution in [2.24, 2.45) is 0 Å². The average Bonchev–Trinajstić information content (AvgIpc) is 3.01. The normalized spacial score (nSPS) is 23.8. The van der Waals surface area contributed by atoms with Crippen molar-refractivity contribution in [2.45, 2.75) is 23.6 Å². The maximum absolute atomic E-state index is 12.5. The summed E-state index contributed by atoms with van der Waals surface area (Å²) in [7, 11) is 0. The Bertz CT molecular complexity index is 385. The first kappa shape index (κ1) is 12.7. The van der Waals surface area contributed by atoms with Crippen LogP contribution in [0.1, 0.15) is 5.56 Å². The van der Waals surface area contributed by atoms with Gasteiger partial charge in [0.2, 0.25) is 5.60 Å². The van der Waals surface area contributed by atoms with Crippen molar-refractivity contribution < 1.29 is 22.1 Å². The Morgan fingerprint density at radius 1 is 1.35 bits per heavy atom. The maximum atomic E-state index is 12.5. The highest BCUT2D eigenvalue weighted by Crippen LogP contribution is 2.44. The minimum absolute atomic E-state index is 0.315. The van der Waals surface area contributed by atoms with E-state index in [4.69, 9.17) is 4.18 Å². The third kappa shape index (κ3) is 2.94. The molecule has 0 aromatic heterocycles. The van der Waals surface area contributed by atoms with Crippen LogP contribution in [0.2, 0.25) is 0 Å². The van der Waals surface area contributed by atoms with Gasteiger partial charge >= 0.3 is 6.18 Å². The van der Waals surface area contributed by atoms with Gasteiger partial charge in [0.1, 0.15) is 6.61 Å². The van der Waals surface area contributed by atoms with Gasteiger partial charge in [-0.2, -0.15) is 13.2 Å². The number of aryl methyl sites for hydroxylation is 1. The maximum Gasteiger partial charge on any atom is 0.422 e. The minimum Gasteiger partial charge on any atom is -0.358 e. The summed E-state index contributed by atoms with van der Waals surface area (Å²) in [5, 5.41) is 0. The molecule has 0 saturated carbocycles. The zero-order valence-electron chi connectivity index (χ0n) is 9.08. The van der Waals surface area contributed by atoms with Crippen molar-refractivity contribution in [1.29, 1.82) is 0 Å². The first-order chi connectivity index (χ1) is 7.93. The molecule has 0 radical (unpaired) electrons. The summed E-state index contributed by atoms with van der Waals surface area (Å²) in [6.45, 7) is 1.14. The van der Waals surface area contributed by atoms with Gasteiger partial charge in [0.05, 0.1) is 6.61 Å². The number of epoxide rings is 1. The van der Waals surface area contributed by atoms with Crippen LogP contribution in [-0.2, 0) is 8.92 Å². The Balaban J connectivity index is 1.82. The van der Waals surface area contributed by atoms with Crippen molar-refractivity contribution in [3.8, 4) is 0 Å². The van der Waals surface area contributed by atoms with Crippen LogP contribution in [0.5, 0.6) is 0 Å². The van der Waals surface area contributed by atoms with E-state index in [2.05, 4.69) is 4.74 Å². The van der Waals surface area contributed by atoms with Gasteiger partial charge in [0.15, 0.2) is 0 Å². The quantitative estimate of drug-likeness (QED) is 0.615. The number of alkyl halides is 3. The Morgan fingerprint density at radius 3 is 2.41 bits per heavy atom. The lowest BCUT2D eigenvalue weighted by Crippen LogP contribution is -2.36. The smallest absolute Gasteiger partial charge is 0.358 e. The number of hydrogen-bond donors (Lipinski definition) is 0. The van der Waals surface area contributed by atoms with E-state index >= 15 is 0 Å². The van der Waals surface area contributed by atoms with Crippen molar-refractivity contribution >= 4 is 12.0 Å². The van der Waals surface area contributed by atoms with Crippen molar-refractivity contribution in [3.63, 3.8) is 0 Å². The van der Waals surface area contributed by atoms with E-state index in [1.807, 2.05) is 19.1 Å². The van der Waals surface area contributed by atoms with E-state index in [0.717, 1.165) is 22.5 Å². The molecule has 1 unspecified atom stereocenters. The zero-order valence-corrected chi connectivity index (χ0v) is 9.90. The fraction of sp³-hybridized carbons (Fsp3) is 0.455. The molecule has 0 aliphatic carbocycles. The summed E-state index contributed by atoms with van der Waals surface area (Å²) in [6.07, 6.45) is -4.36. The van der Waals surface area contributed by atoms with Crippen LogP contribution < -0.4 is 0 Å². The third-order valence-electron chi connectivity index (χ3n) is 2.48. The molecule has 1 saturated heterocycles. The van der Waals surface area contributed by atoms with Crippen molar-refractivity contribution in [1.82, 2.24) is 0 Å². The lowest BCUT2D eigenvalue weighted by atomic mass is 10.2. The topological polar surface area (TPSA) is 21.8 Å². The SMILES string of the molecule is Cc1ccc(SOCC2(C(F)(F)F)CO2)cc1. The van der Waals surface area contributed by atoms with E-state index in [9.17, 15) is 13.2 Å². The van der Waals surface area contributed by atoms with Crippen LogP contribution in [0.25, 0.3) is 0 Å². The van der Waals surface area contributed by atoms with Crippen LogP contribution in [0, 0.1) is 6.92 Å². The largest absolute Gasteiger partial charge is 0.422 e. The van der Waals surface area contributed by atoms with Gasteiger partial charge < -0.3 is 8.92 Å². The molecular formula is C11H11F3O2S. The molecule has 0 amide bonds. The number of halogens is 3. The van der Waals surface area contributed by atoms with Crippen molar-refractivity contribution in [3.05, 3.63) is 29.8 Å². The predicted octanol–water partition coefficient (Wildman–Crippen LogP) is 3.35. The molecule has 1 heterocycles. The summed E-state index contributed by atoms with van der Waals surface area (Å²) < 4.78 is 46.8. The third-order valence-corrected chi connectivity index (χ3v) is 3.18. The molecule has 2 nitrogen and oxygen atoms in total. The second-order valence-electron chi connectivity index (χ2n) is 3.94. The first-order valence-corrected chi connectivity index (χ1v) is 5.74. The standard InChI is InChI=1S/C11H11F3O2S/c1-8-2-4-9(5-3-8)17-16-7-10(6-15-10)11(12,13)14/h2-5H,6-7H2,1H3. The monoisotopic (exact) mass is 264 g/mol. The summed E-state index contributed by atoms with van der Waals surface area (Å²) in [4.78, 5) is 0.772. The van der Waals surface area contributed by atoms with Gasteiger partial charge in [-0.05, 0) is 19.1 Å². The molecule has 1 aromatic carbocycles. The van der Waals surface area contributed by atoms with Gasteiger partial charge in [-0.15, -0.1) is 0 Å². The molecule has 1 aliphatic rings. The Labute approximate surface area is 101 Å². The van der Waals surface area contributed by atoms with Gasteiger partial charge in [-0.1, -0.05) is 17.7 Å². The van der Waals surface area contributed by atoms with Crippen molar-refractivity contribution in [2.75, 3.05) is 13.2 Å². The average molecular weight is 264 g/mol. The molecule has 17 heavy (non-hydrogen) atoms. The highest BCUT2D eigenvalue weighted by molar-refractivity contribution is 7.94. The van der Waals surface area contributed by atoms with Crippen LogP contribution in [0.3, 0.4) is 0 Å². The van der Waals surface area contributed by atoms with Crippen LogP contribution >= 0.6 is 12.0 Å². The van der Waals surface area contributed by atoms with Gasteiger partial charge in [0, 0.05) is 16.9 Å².